The molecule has 2 aliphatic heterocycles. The molecule has 0 aromatic heterocycles. The second kappa shape index (κ2) is 11.3. The molecule has 2 saturated heterocycles. The Morgan fingerprint density at radius 1 is 1.14 bits per heavy atom. The van der Waals surface area contributed by atoms with Crippen molar-refractivity contribution in [1.82, 2.24) is 14.7 Å². The zero-order valence-electron chi connectivity index (χ0n) is 20.1. The Morgan fingerprint density at radius 3 is 2.51 bits per heavy atom. The molecule has 194 valence electrons. The predicted molar refractivity (Wildman–Crippen MR) is 142 cm³/mol. The Kier molecular flexibility index (Phi) is 8.18. The lowest BCUT2D eigenvalue weighted by molar-refractivity contribution is -0.143. The third kappa shape index (κ3) is 6.13. The van der Waals surface area contributed by atoms with Gasteiger partial charge in [-0.25, -0.2) is 4.79 Å². The van der Waals surface area contributed by atoms with Crippen molar-refractivity contribution in [2.45, 2.75) is 30.3 Å². The third-order valence-electron chi connectivity index (χ3n) is 6.29. The monoisotopic (exact) mass is 587 g/mol. The van der Waals surface area contributed by atoms with Crippen LogP contribution in [0.4, 0.5) is 10.5 Å². The average Bonchev–Trinajstić information content (AvgIpc) is 3.43. The van der Waals surface area contributed by atoms with Crippen LogP contribution in [0.3, 0.4) is 0 Å². The summed E-state index contributed by atoms with van der Waals surface area (Å²) in [5, 5.41) is 2.59. The van der Waals surface area contributed by atoms with Crippen LogP contribution in [0.2, 0.25) is 0 Å². The van der Waals surface area contributed by atoms with Crippen molar-refractivity contribution < 1.29 is 24.0 Å². The molecule has 1 unspecified atom stereocenters. The van der Waals surface area contributed by atoms with Gasteiger partial charge in [-0.15, -0.1) is 11.8 Å². The van der Waals surface area contributed by atoms with E-state index in [1.54, 1.807) is 16.7 Å². The first kappa shape index (κ1) is 26.7. The fourth-order valence-corrected chi connectivity index (χ4v) is 5.61. The van der Waals surface area contributed by atoms with Gasteiger partial charge in [0.25, 0.3) is 5.91 Å². The maximum absolute atomic E-state index is 13.1. The van der Waals surface area contributed by atoms with Crippen molar-refractivity contribution in [2.75, 3.05) is 31.2 Å². The van der Waals surface area contributed by atoms with E-state index < -0.39 is 23.8 Å². The number of hydrogen-bond acceptors (Lipinski definition) is 6. The molecule has 0 bridgehead atoms. The number of anilines is 1. The molecule has 3 N–H and O–H groups in total. The molecule has 37 heavy (non-hydrogen) atoms. The number of nitrogens with two attached hydrogens (primary N) is 1. The third-order valence-corrected chi connectivity index (χ3v) is 7.98. The van der Waals surface area contributed by atoms with E-state index in [1.807, 2.05) is 24.3 Å². The maximum Gasteiger partial charge on any atom is 0.327 e. The standard InChI is InChI=1S/C25H26BrN5O5S/c1-29-13-21(32)31(25(29)36)12-16-5-4-15(22(27)33)11-20(16)28-23(34)24(35)30-10-2-3-18(30)14-37-19-8-6-17(26)7-9-19/h4-9,11,18H,2-3,10,12-14H2,1H3,(H2,27,33)(H,28,34). The van der Waals surface area contributed by atoms with Gasteiger partial charge in [-0.3, -0.25) is 24.1 Å². The van der Waals surface area contributed by atoms with Crippen molar-refractivity contribution in [1.29, 1.82) is 0 Å². The van der Waals surface area contributed by atoms with Crippen LogP contribution >= 0.6 is 27.7 Å². The number of hydrogen-bond donors (Lipinski definition) is 2. The number of benzene rings is 2. The van der Waals surface area contributed by atoms with E-state index in [1.165, 1.54) is 30.1 Å². The van der Waals surface area contributed by atoms with Crippen molar-refractivity contribution in [3.63, 3.8) is 0 Å². The highest BCUT2D eigenvalue weighted by atomic mass is 79.9. The van der Waals surface area contributed by atoms with E-state index in [0.717, 1.165) is 27.1 Å². The first-order valence-electron chi connectivity index (χ1n) is 11.6. The minimum absolute atomic E-state index is 0.0486. The number of carbonyl (C=O) groups excluding carboxylic acids is 5. The van der Waals surface area contributed by atoms with Gasteiger partial charge >= 0.3 is 17.8 Å². The first-order valence-corrected chi connectivity index (χ1v) is 13.4. The topological polar surface area (TPSA) is 133 Å². The number of nitrogens with one attached hydrogen (secondary N) is 1. The Bertz CT molecular complexity index is 1250. The lowest BCUT2D eigenvalue weighted by Crippen LogP contribution is -2.43. The van der Waals surface area contributed by atoms with Crippen molar-refractivity contribution in [3.05, 3.63) is 58.1 Å². The summed E-state index contributed by atoms with van der Waals surface area (Å²) >= 11 is 5.03. The van der Waals surface area contributed by atoms with Gasteiger partial charge in [0.05, 0.1) is 6.54 Å². The lowest BCUT2D eigenvalue weighted by atomic mass is 10.1. The predicted octanol–water partition coefficient (Wildman–Crippen LogP) is 2.66. The fourth-order valence-electron chi connectivity index (χ4n) is 4.28. The Hall–Kier alpha value is -3.38. The molecular formula is C25H26BrN5O5S. The second-order valence-corrected chi connectivity index (χ2v) is 10.9. The Labute approximate surface area is 226 Å². The number of urea groups is 1. The van der Waals surface area contributed by atoms with E-state index in [0.29, 0.717) is 17.9 Å². The van der Waals surface area contributed by atoms with E-state index in [9.17, 15) is 24.0 Å². The van der Waals surface area contributed by atoms with Crippen molar-refractivity contribution >= 4 is 63.0 Å². The molecule has 2 aromatic carbocycles. The van der Waals surface area contributed by atoms with Crippen LogP contribution in [0.5, 0.6) is 0 Å². The summed E-state index contributed by atoms with van der Waals surface area (Å²) in [5.41, 5.74) is 6.06. The summed E-state index contributed by atoms with van der Waals surface area (Å²) in [5.74, 6) is -1.99. The number of likely N-dealkylation sites (N-methyl/N-ethyl adjacent to an activating group) is 1. The molecule has 10 nitrogen and oxygen atoms in total. The molecule has 4 rings (SSSR count). The molecule has 2 fully saturated rings. The van der Waals surface area contributed by atoms with Crippen LogP contribution in [0.1, 0.15) is 28.8 Å². The summed E-state index contributed by atoms with van der Waals surface area (Å²) in [6.07, 6.45) is 1.58. The smallest absolute Gasteiger partial charge is 0.327 e. The molecule has 0 spiro atoms. The van der Waals surface area contributed by atoms with Gasteiger partial charge in [0.2, 0.25) is 5.91 Å². The van der Waals surface area contributed by atoms with Crippen molar-refractivity contribution in [3.8, 4) is 0 Å². The molecule has 2 aliphatic rings. The molecule has 12 heteroatoms. The summed E-state index contributed by atoms with van der Waals surface area (Å²) in [4.78, 5) is 67.4. The molecule has 2 aromatic rings. The van der Waals surface area contributed by atoms with Crippen molar-refractivity contribution in [2.24, 2.45) is 5.73 Å². The molecule has 0 aliphatic carbocycles. The lowest BCUT2D eigenvalue weighted by Gasteiger charge is -2.24. The van der Waals surface area contributed by atoms with Crippen LogP contribution in [-0.2, 0) is 20.9 Å². The Morgan fingerprint density at radius 2 is 1.86 bits per heavy atom. The minimum atomic E-state index is -0.861. The summed E-state index contributed by atoms with van der Waals surface area (Å²) in [6.45, 7) is 0.295. The van der Waals surface area contributed by atoms with Gasteiger partial charge in [0.1, 0.15) is 6.54 Å². The maximum atomic E-state index is 13.1. The number of imide groups is 1. The molecule has 0 saturated carbocycles. The Balaban J connectivity index is 1.47. The molecule has 1 atom stereocenters. The van der Waals surface area contributed by atoms with E-state index in [4.69, 9.17) is 5.73 Å². The molecule has 2 heterocycles. The first-order chi connectivity index (χ1) is 17.6. The van der Waals surface area contributed by atoms with Gasteiger partial charge in [-0.2, -0.15) is 0 Å². The number of nitrogens with zero attached hydrogens (tertiary/aromatic N) is 3. The SMILES string of the molecule is CN1CC(=O)N(Cc2ccc(C(N)=O)cc2NC(=O)C(=O)N2CCCC2CSc2ccc(Br)cc2)C1=O. The largest absolute Gasteiger partial charge is 0.366 e. The van der Waals surface area contributed by atoms with Gasteiger partial charge < -0.3 is 20.9 Å². The highest BCUT2D eigenvalue weighted by Crippen LogP contribution is 2.28. The summed E-state index contributed by atoms with van der Waals surface area (Å²) < 4.78 is 0.983. The summed E-state index contributed by atoms with van der Waals surface area (Å²) in [7, 11) is 1.51. The van der Waals surface area contributed by atoms with Crippen LogP contribution in [0.15, 0.2) is 51.8 Å². The number of halogens is 1. The average molecular weight is 588 g/mol. The number of thioether (sulfide) groups is 1. The zero-order chi connectivity index (χ0) is 26.7. The van der Waals surface area contributed by atoms with Crippen LogP contribution < -0.4 is 11.1 Å². The van der Waals surface area contributed by atoms with Gasteiger partial charge in [-0.1, -0.05) is 22.0 Å². The quantitative estimate of drug-likeness (QED) is 0.290. The van der Waals surface area contributed by atoms with Crippen LogP contribution in [-0.4, -0.2) is 76.3 Å². The van der Waals surface area contributed by atoms with Gasteiger partial charge in [0, 0.05) is 46.0 Å². The van der Waals surface area contributed by atoms with E-state index in [2.05, 4.69) is 21.2 Å². The highest BCUT2D eigenvalue weighted by Gasteiger charge is 2.35. The number of primary amides is 1. The van der Waals surface area contributed by atoms with Gasteiger partial charge in [0.15, 0.2) is 0 Å². The van der Waals surface area contributed by atoms with E-state index >= 15 is 0 Å². The number of amides is 6. The zero-order valence-corrected chi connectivity index (χ0v) is 22.5. The van der Waals surface area contributed by atoms with E-state index in [-0.39, 0.29) is 36.3 Å². The normalized spacial score (nSPS) is 17.5. The summed E-state index contributed by atoms with van der Waals surface area (Å²) in [6, 6.07) is 11.6. The minimum Gasteiger partial charge on any atom is -0.366 e. The molecular weight excluding hydrogens is 562 g/mol. The van der Waals surface area contributed by atoms with Crippen LogP contribution in [0.25, 0.3) is 0 Å². The molecule has 6 amide bonds. The molecule has 0 radical (unpaired) electrons. The number of likely N-dealkylation sites (tertiary alicyclic amines) is 1. The number of rotatable bonds is 7. The second-order valence-electron chi connectivity index (χ2n) is 8.87. The fraction of sp³-hybridized carbons (Fsp3) is 0.320. The number of carbonyl (C=O) groups is 5. The highest BCUT2D eigenvalue weighted by molar-refractivity contribution is 9.10. The van der Waals surface area contributed by atoms with Crippen LogP contribution in [0, 0.1) is 0 Å². The van der Waals surface area contributed by atoms with Gasteiger partial charge in [-0.05, 0) is 54.8 Å².